The molecule has 35 heavy (non-hydrogen) atoms. The molecule has 0 aliphatic rings. The standard InChI is InChI=1S/C28H32ClNO5/c1-7-35-26(34)28(5,6)15-20-23(22(32)16-27(2,3)4)21-14-19(31)12-13-30(21)24(20)25(33)17-8-10-18(29)11-9-17/h8-14,31H,7,15-16H2,1-6H3. The molecule has 0 saturated heterocycles. The van der Waals surface area contributed by atoms with Gasteiger partial charge in [0, 0.05) is 34.8 Å². The van der Waals surface area contributed by atoms with E-state index in [1.165, 1.54) is 12.1 Å². The molecule has 0 spiro atoms. The highest BCUT2D eigenvalue weighted by atomic mass is 35.5. The highest BCUT2D eigenvalue weighted by Crippen LogP contribution is 2.36. The lowest BCUT2D eigenvalue weighted by Gasteiger charge is -2.24. The van der Waals surface area contributed by atoms with Crippen LogP contribution in [0.5, 0.6) is 5.75 Å². The van der Waals surface area contributed by atoms with Gasteiger partial charge in [0.2, 0.25) is 5.78 Å². The summed E-state index contributed by atoms with van der Waals surface area (Å²) in [5.41, 5.74) is 0.578. The van der Waals surface area contributed by atoms with E-state index < -0.39 is 11.4 Å². The van der Waals surface area contributed by atoms with Crippen molar-refractivity contribution in [2.24, 2.45) is 10.8 Å². The number of aromatic hydroxyl groups is 1. The average Bonchev–Trinajstić information content (AvgIpc) is 3.04. The summed E-state index contributed by atoms with van der Waals surface area (Å²) in [5, 5.41) is 10.7. The maximum absolute atomic E-state index is 13.8. The number of rotatable bonds is 8. The van der Waals surface area contributed by atoms with Gasteiger partial charge < -0.3 is 14.2 Å². The highest BCUT2D eigenvalue weighted by Gasteiger charge is 2.36. The zero-order valence-corrected chi connectivity index (χ0v) is 21.8. The van der Waals surface area contributed by atoms with Crippen LogP contribution in [-0.4, -0.2) is 33.6 Å². The number of fused-ring (bicyclic) bond motifs is 1. The number of carbonyl (C=O) groups excluding carboxylic acids is 3. The molecule has 0 atom stereocenters. The molecule has 2 aromatic heterocycles. The number of esters is 1. The molecule has 3 aromatic rings. The molecule has 0 aliphatic carbocycles. The Hall–Kier alpha value is -3.12. The Morgan fingerprint density at radius 3 is 2.23 bits per heavy atom. The topological polar surface area (TPSA) is 85.1 Å². The third-order valence-electron chi connectivity index (χ3n) is 5.76. The molecule has 0 amide bonds. The second kappa shape index (κ2) is 9.86. The van der Waals surface area contributed by atoms with E-state index in [1.54, 1.807) is 55.6 Å². The summed E-state index contributed by atoms with van der Waals surface area (Å²) < 4.78 is 6.91. The van der Waals surface area contributed by atoms with E-state index in [0.717, 1.165) is 0 Å². The van der Waals surface area contributed by atoms with Crippen LogP contribution in [0.15, 0.2) is 42.6 Å². The van der Waals surface area contributed by atoms with Gasteiger partial charge in [-0.3, -0.25) is 14.4 Å². The Labute approximate surface area is 210 Å². The summed E-state index contributed by atoms with van der Waals surface area (Å²) in [4.78, 5) is 40.3. The molecule has 186 valence electrons. The zero-order chi connectivity index (χ0) is 26.1. The monoisotopic (exact) mass is 497 g/mol. The van der Waals surface area contributed by atoms with Crippen LogP contribution < -0.4 is 0 Å². The van der Waals surface area contributed by atoms with Gasteiger partial charge in [0.05, 0.1) is 23.2 Å². The van der Waals surface area contributed by atoms with Crippen molar-refractivity contribution < 1.29 is 24.2 Å². The van der Waals surface area contributed by atoms with Gasteiger partial charge in [-0.2, -0.15) is 0 Å². The van der Waals surface area contributed by atoms with Crippen LogP contribution in [0.3, 0.4) is 0 Å². The lowest BCUT2D eigenvalue weighted by Crippen LogP contribution is -2.30. The molecule has 7 heteroatoms. The summed E-state index contributed by atoms with van der Waals surface area (Å²) in [6.45, 7) is 11.3. The third kappa shape index (κ3) is 5.76. The first-order chi connectivity index (χ1) is 16.2. The van der Waals surface area contributed by atoms with Gasteiger partial charge in [-0.25, -0.2) is 0 Å². The van der Waals surface area contributed by atoms with Crippen LogP contribution in [-0.2, 0) is 16.0 Å². The van der Waals surface area contributed by atoms with E-state index in [-0.39, 0.29) is 47.9 Å². The van der Waals surface area contributed by atoms with Crippen molar-refractivity contribution in [2.45, 2.75) is 54.4 Å². The fourth-order valence-corrected chi connectivity index (χ4v) is 4.30. The number of ether oxygens (including phenoxy) is 1. The van der Waals surface area contributed by atoms with E-state index >= 15 is 0 Å². The SMILES string of the molecule is CCOC(=O)C(C)(C)Cc1c(C(=O)CC(C)(C)C)c2cc(O)ccn2c1C(=O)c1ccc(Cl)cc1. The number of hydrogen-bond acceptors (Lipinski definition) is 5. The Morgan fingerprint density at radius 2 is 1.66 bits per heavy atom. The van der Waals surface area contributed by atoms with Crippen LogP contribution in [0.2, 0.25) is 5.02 Å². The maximum Gasteiger partial charge on any atom is 0.311 e. The predicted octanol–water partition coefficient (Wildman–Crippen LogP) is 6.28. The van der Waals surface area contributed by atoms with E-state index in [9.17, 15) is 19.5 Å². The third-order valence-corrected chi connectivity index (χ3v) is 6.01. The minimum atomic E-state index is -1.01. The van der Waals surface area contributed by atoms with Crippen molar-refractivity contribution in [2.75, 3.05) is 6.61 Å². The first-order valence-electron chi connectivity index (χ1n) is 11.6. The van der Waals surface area contributed by atoms with E-state index in [1.807, 2.05) is 20.8 Å². The van der Waals surface area contributed by atoms with Crippen LogP contribution in [0, 0.1) is 10.8 Å². The van der Waals surface area contributed by atoms with Gasteiger partial charge in [-0.15, -0.1) is 0 Å². The zero-order valence-electron chi connectivity index (χ0n) is 21.1. The van der Waals surface area contributed by atoms with Crippen molar-refractivity contribution in [1.29, 1.82) is 0 Å². The molecular formula is C28H32ClNO5. The molecule has 0 fully saturated rings. The summed E-state index contributed by atoms with van der Waals surface area (Å²) in [6, 6.07) is 9.46. The number of benzene rings is 1. The maximum atomic E-state index is 13.8. The first-order valence-corrected chi connectivity index (χ1v) is 12.0. The second-order valence-corrected chi connectivity index (χ2v) is 11.1. The molecular weight excluding hydrogens is 466 g/mol. The lowest BCUT2D eigenvalue weighted by molar-refractivity contribution is -0.153. The van der Waals surface area contributed by atoms with Crippen LogP contribution >= 0.6 is 11.6 Å². The summed E-state index contributed by atoms with van der Waals surface area (Å²) in [5.74, 6) is -0.920. The molecule has 0 saturated carbocycles. The van der Waals surface area contributed by atoms with Crippen molar-refractivity contribution in [3.63, 3.8) is 0 Å². The smallest absolute Gasteiger partial charge is 0.311 e. The molecule has 1 N–H and O–H groups in total. The van der Waals surface area contributed by atoms with Crippen LogP contribution in [0.1, 0.15) is 79.9 Å². The number of nitrogens with zero attached hydrogens (tertiary/aromatic N) is 1. The van der Waals surface area contributed by atoms with Crippen molar-refractivity contribution in [3.05, 3.63) is 70.0 Å². The van der Waals surface area contributed by atoms with Crippen LogP contribution in [0.25, 0.3) is 5.52 Å². The predicted molar refractivity (Wildman–Crippen MR) is 136 cm³/mol. The molecule has 0 unspecified atom stereocenters. The molecule has 6 nitrogen and oxygen atoms in total. The van der Waals surface area contributed by atoms with Gasteiger partial charge >= 0.3 is 5.97 Å². The number of Topliss-reactive ketones (excluding diaryl/α,β-unsaturated/α-hetero) is 1. The summed E-state index contributed by atoms with van der Waals surface area (Å²) in [7, 11) is 0. The van der Waals surface area contributed by atoms with Crippen molar-refractivity contribution >= 4 is 34.7 Å². The minimum Gasteiger partial charge on any atom is -0.508 e. The molecule has 3 rings (SSSR count). The Morgan fingerprint density at radius 1 is 1.03 bits per heavy atom. The van der Waals surface area contributed by atoms with E-state index in [4.69, 9.17) is 16.3 Å². The van der Waals surface area contributed by atoms with Gasteiger partial charge in [0.15, 0.2) is 5.78 Å². The number of ketones is 2. The number of pyridine rings is 1. The lowest BCUT2D eigenvalue weighted by atomic mass is 9.81. The average molecular weight is 498 g/mol. The van der Waals surface area contributed by atoms with Gasteiger partial charge in [-0.1, -0.05) is 32.4 Å². The van der Waals surface area contributed by atoms with E-state index in [0.29, 0.717) is 27.2 Å². The Balaban J connectivity index is 2.34. The van der Waals surface area contributed by atoms with Gasteiger partial charge in [0.25, 0.3) is 0 Å². The molecule has 0 bridgehead atoms. The van der Waals surface area contributed by atoms with E-state index in [2.05, 4.69) is 0 Å². The number of carbonyl (C=O) groups is 3. The fraction of sp³-hybridized carbons (Fsp3) is 0.393. The van der Waals surface area contributed by atoms with Crippen molar-refractivity contribution in [1.82, 2.24) is 4.40 Å². The number of halogens is 1. The Bertz CT molecular complexity index is 1280. The summed E-state index contributed by atoms with van der Waals surface area (Å²) in [6.07, 6.45) is 1.90. The fourth-order valence-electron chi connectivity index (χ4n) is 4.17. The Kier molecular flexibility index (Phi) is 7.46. The normalized spacial score (nSPS) is 12.1. The number of hydrogen-bond donors (Lipinski definition) is 1. The first kappa shape index (κ1) is 26.5. The summed E-state index contributed by atoms with van der Waals surface area (Å²) >= 11 is 6.02. The second-order valence-electron chi connectivity index (χ2n) is 10.6. The van der Waals surface area contributed by atoms with Crippen LogP contribution in [0.4, 0.5) is 0 Å². The molecule has 0 radical (unpaired) electrons. The highest BCUT2D eigenvalue weighted by molar-refractivity contribution is 6.30. The number of aromatic nitrogens is 1. The largest absolute Gasteiger partial charge is 0.508 e. The van der Waals surface area contributed by atoms with Gasteiger partial charge in [0.1, 0.15) is 5.75 Å². The van der Waals surface area contributed by atoms with Crippen molar-refractivity contribution in [3.8, 4) is 5.75 Å². The molecule has 1 aromatic carbocycles. The van der Waals surface area contributed by atoms with Gasteiger partial charge in [-0.05, 0) is 68.5 Å². The molecule has 2 heterocycles. The minimum absolute atomic E-state index is 0.0264. The molecule has 0 aliphatic heterocycles. The quantitative estimate of drug-likeness (QED) is 0.292.